The summed E-state index contributed by atoms with van der Waals surface area (Å²) in [5.41, 5.74) is 1.31. The maximum Gasteiger partial charge on any atom is 0.237 e. The predicted octanol–water partition coefficient (Wildman–Crippen LogP) is 1.94. The van der Waals surface area contributed by atoms with Gasteiger partial charge in [0, 0.05) is 6.04 Å². The largest absolute Gasteiger partial charge is 0.352 e. The zero-order chi connectivity index (χ0) is 12.1. The molecule has 2 N–H and O–H groups in total. The second-order valence-electron chi connectivity index (χ2n) is 4.75. The summed E-state index contributed by atoms with van der Waals surface area (Å²) in [4.78, 5) is 12.0. The normalized spacial score (nSPS) is 22.1. The molecule has 1 aromatic rings. The first-order valence-corrected chi connectivity index (χ1v) is 7.25. The zero-order valence-electron chi connectivity index (χ0n) is 10.2. The van der Waals surface area contributed by atoms with Crippen molar-refractivity contribution in [2.24, 2.45) is 0 Å². The van der Waals surface area contributed by atoms with Gasteiger partial charge in [0.05, 0.1) is 6.04 Å². The van der Waals surface area contributed by atoms with Crippen molar-refractivity contribution in [2.45, 2.75) is 44.7 Å². The van der Waals surface area contributed by atoms with Gasteiger partial charge in [-0.1, -0.05) is 6.42 Å². The lowest BCUT2D eigenvalue weighted by Gasteiger charge is -2.24. The highest BCUT2D eigenvalue weighted by atomic mass is 32.1. The van der Waals surface area contributed by atoms with E-state index in [0.717, 1.165) is 25.8 Å². The third-order valence-corrected chi connectivity index (χ3v) is 3.87. The van der Waals surface area contributed by atoms with Crippen molar-refractivity contribution in [2.75, 3.05) is 6.54 Å². The Morgan fingerprint density at radius 2 is 2.53 bits per heavy atom. The molecular formula is C13H20N2OS. The lowest BCUT2D eigenvalue weighted by molar-refractivity contribution is -0.124. The van der Waals surface area contributed by atoms with Crippen molar-refractivity contribution in [1.29, 1.82) is 0 Å². The van der Waals surface area contributed by atoms with Gasteiger partial charge in [-0.3, -0.25) is 4.79 Å². The molecule has 1 aromatic heterocycles. The maximum atomic E-state index is 12.0. The molecule has 2 atom stereocenters. The van der Waals surface area contributed by atoms with Crippen LogP contribution < -0.4 is 10.6 Å². The maximum absolute atomic E-state index is 12.0. The molecule has 2 heterocycles. The van der Waals surface area contributed by atoms with Gasteiger partial charge < -0.3 is 10.6 Å². The first-order valence-electron chi connectivity index (χ1n) is 6.30. The number of amides is 1. The molecule has 1 fully saturated rings. The molecule has 0 aliphatic carbocycles. The molecule has 1 amide bonds. The van der Waals surface area contributed by atoms with E-state index in [0.29, 0.717) is 0 Å². The van der Waals surface area contributed by atoms with E-state index in [9.17, 15) is 4.79 Å². The molecule has 17 heavy (non-hydrogen) atoms. The SMILES string of the molecule is CC(Cc1ccsc1)NC(=O)C1CCCCN1. The second kappa shape index (κ2) is 6.17. The van der Waals surface area contributed by atoms with Gasteiger partial charge in [-0.2, -0.15) is 11.3 Å². The highest BCUT2D eigenvalue weighted by Crippen LogP contribution is 2.10. The molecule has 2 rings (SSSR count). The Morgan fingerprint density at radius 3 is 3.18 bits per heavy atom. The molecule has 0 aromatic carbocycles. The fourth-order valence-electron chi connectivity index (χ4n) is 2.23. The number of carbonyl (C=O) groups is 1. The molecule has 2 unspecified atom stereocenters. The molecule has 0 radical (unpaired) electrons. The Hall–Kier alpha value is -0.870. The van der Waals surface area contributed by atoms with E-state index < -0.39 is 0 Å². The van der Waals surface area contributed by atoms with Crippen LogP contribution in [0, 0.1) is 0 Å². The average molecular weight is 252 g/mol. The van der Waals surface area contributed by atoms with Crippen LogP contribution >= 0.6 is 11.3 Å². The molecule has 0 saturated carbocycles. The van der Waals surface area contributed by atoms with E-state index in [2.05, 4.69) is 34.4 Å². The minimum atomic E-state index is 0.0219. The van der Waals surface area contributed by atoms with Crippen molar-refractivity contribution in [3.05, 3.63) is 22.4 Å². The number of rotatable bonds is 4. The van der Waals surface area contributed by atoms with Crippen molar-refractivity contribution in [3.8, 4) is 0 Å². The summed E-state index contributed by atoms with van der Waals surface area (Å²) in [7, 11) is 0. The first-order chi connectivity index (χ1) is 8.25. The fraction of sp³-hybridized carbons (Fsp3) is 0.615. The van der Waals surface area contributed by atoms with Crippen molar-refractivity contribution < 1.29 is 4.79 Å². The van der Waals surface area contributed by atoms with E-state index in [1.54, 1.807) is 11.3 Å². The molecule has 3 nitrogen and oxygen atoms in total. The first kappa shape index (κ1) is 12.6. The molecule has 1 saturated heterocycles. The van der Waals surface area contributed by atoms with Crippen LogP contribution in [0.2, 0.25) is 0 Å². The van der Waals surface area contributed by atoms with E-state index in [1.807, 2.05) is 0 Å². The number of hydrogen-bond acceptors (Lipinski definition) is 3. The smallest absolute Gasteiger partial charge is 0.237 e. The third kappa shape index (κ3) is 3.82. The molecule has 0 bridgehead atoms. The lowest BCUT2D eigenvalue weighted by Crippen LogP contribution is -2.49. The standard InChI is InChI=1S/C13H20N2OS/c1-10(8-11-5-7-17-9-11)15-13(16)12-4-2-3-6-14-12/h5,7,9-10,12,14H,2-4,6,8H2,1H3,(H,15,16). The third-order valence-electron chi connectivity index (χ3n) is 3.14. The summed E-state index contributed by atoms with van der Waals surface area (Å²) in [6, 6.07) is 2.35. The lowest BCUT2D eigenvalue weighted by atomic mass is 10.0. The summed E-state index contributed by atoms with van der Waals surface area (Å²) in [5, 5.41) is 10.6. The van der Waals surface area contributed by atoms with Crippen LogP contribution in [0.15, 0.2) is 16.8 Å². The van der Waals surface area contributed by atoms with Crippen LogP contribution in [-0.2, 0) is 11.2 Å². The van der Waals surface area contributed by atoms with E-state index in [-0.39, 0.29) is 18.0 Å². The number of piperidine rings is 1. The predicted molar refractivity (Wildman–Crippen MR) is 71.3 cm³/mol. The van der Waals surface area contributed by atoms with Gasteiger partial charge in [-0.05, 0) is 55.1 Å². The van der Waals surface area contributed by atoms with Crippen LogP contribution in [0.5, 0.6) is 0 Å². The Kier molecular flexibility index (Phi) is 4.57. The van der Waals surface area contributed by atoms with Crippen molar-refractivity contribution in [3.63, 3.8) is 0 Å². The summed E-state index contributed by atoms with van der Waals surface area (Å²) in [6.45, 7) is 3.04. The molecule has 1 aliphatic heterocycles. The van der Waals surface area contributed by atoms with Crippen LogP contribution in [0.3, 0.4) is 0 Å². The summed E-state index contributed by atoms with van der Waals surface area (Å²) in [5.74, 6) is 0.160. The molecule has 1 aliphatic rings. The van der Waals surface area contributed by atoms with E-state index in [1.165, 1.54) is 12.0 Å². The number of nitrogens with one attached hydrogen (secondary N) is 2. The van der Waals surface area contributed by atoms with E-state index in [4.69, 9.17) is 0 Å². The fourth-order valence-corrected chi connectivity index (χ4v) is 2.91. The van der Waals surface area contributed by atoms with Gasteiger partial charge in [0.15, 0.2) is 0 Å². The number of carbonyl (C=O) groups excluding carboxylic acids is 1. The number of hydrogen-bond donors (Lipinski definition) is 2. The van der Waals surface area contributed by atoms with Gasteiger partial charge >= 0.3 is 0 Å². The quantitative estimate of drug-likeness (QED) is 0.860. The zero-order valence-corrected chi connectivity index (χ0v) is 11.1. The Labute approximate surface area is 107 Å². The van der Waals surface area contributed by atoms with E-state index >= 15 is 0 Å². The molecule has 0 spiro atoms. The molecule has 4 heteroatoms. The highest BCUT2D eigenvalue weighted by Gasteiger charge is 2.21. The van der Waals surface area contributed by atoms with Gasteiger partial charge in [0.25, 0.3) is 0 Å². The van der Waals surface area contributed by atoms with Crippen molar-refractivity contribution >= 4 is 17.2 Å². The van der Waals surface area contributed by atoms with Gasteiger partial charge in [0.1, 0.15) is 0 Å². The average Bonchev–Trinajstić information content (AvgIpc) is 2.82. The van der Waals surface area contributed by atoms with Crippen molar-refractivity contribution in [1.82, 2.24) is 10.6 Å². The summed E-state index contributed by atoms with van der Waals surface area (Å²) >= 11 is 1.70. The molecule has 94 valence electrons. The minimum Gasteiger partial charge on any atom is -0.352 e. The van der Waals surface area contributed by atoms with Gasteiger partial charge in [0.2, 0.25) is 5.91 Å². The number of thiophene rings is 1. The summed E-state index contributed by atoms with van der Waals surface area (Å²) < 4.78 is 0. The second-order valence-corrected chi connectivity index (χ2v) is 5.53. The van der Waals surface area contributed by atoms with Crippen LogP contribution in [0.1, 0.15) is 31.7 Å². The van der Waals surface area contributed by atoms with Crippen LogP contribution in [-0.4, -0.2) is 24.5 Å². The monoisotopic (exact) mass is 252 g/mol. The highest BCUT2D eigenvalue weighted by molar-refractivity contribution is 7.07. The van der Waals surface area contributed by atoms with Crippen LogP contribution in [0.4, 0.5) is 0 Å². The van der Waals surface area contributed by atoms with Crippen LogP contribution in [0.25, 0.3) is 0 Å². The summed E-state index contributed by atoms with van der Waals surface area (Å²) in [6.07, 6.45) is 4.23. The Morgan fingerprint density at radius 1 is 1.65 bits per heavy atom. The van der Waals surface area contributed by atoms with Gasteiger partial charge in [-0.15, -0.1) is 0 Å². The Balaban J connectivity index is 1.77. The topological polar surface area (TPSA) is 41.1 Å². The van der Waals surface area contributed by atoms with Gasteiger partial charge in [-0.25, -0.2) is 0 Å². The Bertz CT molecular complexity index is 344. The molecular weight excluding hydrogens is 232 g/mol. The minimum absolute atomic E-state index is 0.0219.